The van der Waals surface area contributed by atoms with Crippen LogP contribution in [0.1, 0.15) is 6.92 Å². The van der Waals surface area contributed by atoms with Crippen LogP contribution in [0.15, 0.2) is 0 Å². The first kappa shape index (κ1) is 13.7. The fourth-order valence-corrected chi connectivity index (χ4v) is 0.830. The number of nitrogens with one attached hydrogen (secondary N) is 3. The van der Waals surface area contributed by atoms with Crippen molar-refractivity contribution >= 4 is 11.9 Å². The molecule has 0 rings (SSSR count). The summed E-state index contributed by atoms with van der Waals surface area (Å²) >= 11 is 0. The summed E-state index contributed by atoms with van der Waals surface area (Å²) in [7, 11) is 3.33. The van der Waals surface area contributed by atoms with Crippen LogP contribution in [0.5, 0.6) is 0 Å². The summed E-state index contributed by atoms with van der Waals surface area (Å²) in [6.45, 7) is 3.91. The first-order valence-electron chi connectivity index (χ1n) is 5.00. The van der Waals surface area contributed by atoms with Gasteiger partial charge in [-0.2, -0.15) is 0 Å². The predicted molar refractivity (Wildman–Crippen MR) is 58.6 cm³/mol. The lowest BCUT2D eigenvalue weighted by Gasteiger charge is -2.12. The lowest BCUT2D eigenvalue weighted by atomic mass is 10.5. The van der Waals surface area contributed by atoms with Gasteiger partial charge in [0.05, 0.1) is 6.54 Å². The first-order chi connectivity index (χ1) is 7.07. The van der Waals surface area contributed by atoms with Crippen molar-refractivity contribution in [1.29, 1.82) is 0 Å². The number of amides is 3. The summed E-state index contributed by atoms with van der Waals surface area (Å²) in [5, 5.41) is 8.23. The minimum absolute atomic E-state index is 0.0593. The van der Waals surface area contributed by atoms with Gasteiger partial charge in [-0.15, -0.1) is 0 Å². The van der Waals surface area contributed by atoms with Crippen molar-refractivity contribution in [2.45, 2.75) is 6.92 Å². The molecule has 0 aliphatic heterocycles. The van der Waals surface area contributed by atoms with Gasteiger partial charge in [0.25, 0.3) is 0 Å². The second kappa shape index (κ2) is 8.05. The lowest BCUT2D eigenvalue weighted by Crippen LogP contribution is -2.41. The highest BCUT2D eigenvalue weighted by molar-refractivity contribution is 5.78. The third-order valence-electron chi connectivity index (χ3n) is 1.67. The molecule has 6 heteroatoms. The molecule has 0 bridgehead atoms. The normalized spacial score (nSPS) is 9.53. The maximum atomic E-state index is 11.1. The summed E-state index contributed by atoms with van der Waals surface area (Å²) < 4.78 is 0. The van der Waals surface area contributed by atoms with E-state index in [0.29, 0.717) is 19.6 Å². The van der Waals surface area contributed by atoms with Crippen LogP contribution >= 0.6 is 0 Å². The van der Waals surface area contributed by atoms with E-state index in [4.69, 9.17) is 0 Å². The van der Waals surface area contributed by atoms with E-state index >= 15 is 0 Å². The molecule has 88 valence electrons. The van der Waals surface area contributed by atoms with Crippen molar-refractivity contribution < 1.29 is 9.59 Å². The molecule has 0 aromatic rings. The van der Waals surface area contributed by atoms with E-state index in [0.717, 1.165) is 6.54 Å². The van der Waals surface area contributed by atoms with Crippen LogP contribution in [0.2, 0.25) is 0 Å². The average molecular weight is 216 g/mol. The highest BCUT2D eigenvalue weighted by Gasteiger charge is 2.02. The monoisotopic (exact) mass is 216 g/mol. The zero-order chi connectivity index (χ0) is 11.7. The molecule has 0 saturated carbocycles. The van der Waals surface area contributed by atoms with Crippen LogP contribution in [0, 0.1) is 0 Å². The molecule has 0 aliphatic carbocycles. The second-order valence-corrected chi connectivity index (χ2v) is 3.26. The number of carbonyl (C=O) groups excluding carboxylic acids is 2. The molecule has 0 aliphatic rings. The van der Waals surface area contributed by atoms with Crippen LogP contribution in [-0.2, 0) is 4.79 Å². The van der Waals surface area contributed by atoms with Crippen molar-refractivity contribution in [3.05, 3.63) is 0 Å². The fraction of sp³-hybridized carbons (Fsp3) is 0.778. The van der Waals surface area contributed by atoms with Crippen molar-refractivity contribution in [3.8, 4) is 0 Å². The number of nitrogens with zero attached hydrogens (tertiary/aromatic N) is 1. The molecule has 0 fully saturated rings. The summed E-state index contributed by atoms with van der Waals surface area (Å²) in [4.78, 5) is 23.6. The van der Waals surface area contributed by atoms with E-state index in [9.17, 15) is 9.59 Å². The van der Waals surface area contributed by atoms with Gasteiger partial charge in [-0.05, 0) is 6.54 Å². The summed E-state index contributed by atoms with van der Waals surface area (Å²) in [6.07, 6.45) is 0. The Kier molecular flexibility index (Phi) is 7.35. The van der Waals surface area contributed by atoms with E-state index in [1.807, 2.05) is 6.92 Å². The Labute approximate surface area is 90.4 Å². The summed E-state index contributed by atoms with van der Waals surface area (Å²) in [6, 6.07) is -0.157. The topological polar surface area (TPSA) is 73.5 Å². The van der Waals surface area contributed by atoms with Crippen LogP contribution in [0.3, 0.4) is 0 Å². The maximum Gasteiger partial charge on any atom is 0.316 e. The molecule has 15 heavy (non-hydrogen) atoms. The van der Waals surface area contributed by atoms with E-state index in [-0.39, 0.29) is 11.9 Å². The van der Waals surface area contributed by atoms with Gasteiger partial charge < -0.3 is 20.9 Å². The smallest absolute Gasteiger partial charge is 0.316 e. The molecular formula is C9H20N4O2. The number of likely N-dealkylation sites (N-methyl/N-ethyl adjacent to an activating group) is 1. The quantitative estimate of drug-likeness (QED) is 0.498. The first-order valence-corrected chi connectivity index (χ1v) is 5.00. The third kappa shape index (κ3) is 7.75. The number of carbonyl (C=O) groups is 2. The molecule has 0 atom stereocenters. The number of hydrogen-bond donors (Lipinski definition) is 3. The Morgan fingerprint density at radius 2 is 1.73 bits per heavy atom. The van der Waals surface area contributed by atoms with Crippen LogP contribution in [0.4, 0.5) is 4.79 Å². The molecular weight excluding hydrogens is 196 g/mol. The van der Waals surface area contributed by atoms with Gasteiger partial charge in [0.15, 0.2) is 0 Å². The molecule has 0 aromatic heterocycles. The fourth-order valence-electron chi connectivity index (χ4n) is 0.830. The highest BCUT2D eigenvalue weighted by Crippen LogP contribution is 1.74. The molecule has 3 N–H and O–H groups in total. The Hall–Kier alpha value is -1.30. The van der Waals surface area contributed by atoms with Crippen molar-refractivity contribution in [3.63, 3.8) is 0 Å². The van der Waals surface area contributed by atoms with Gasteiger partial charge in [0.1, 0.15) is 0 Å². The minimum atomic E-state index is -0.157. The molecule has 0 saturated heterocycles. The Morgan fingerprint density at radius 1 is 1.13 bits per heavy atom. The SMILES string of the molecule is CCNCC(=O)NCCNC(=O)N(C)C. The summed E-state index contributed by atoms with van der Waals surface area (Å²) in [5.41, 5.74) is 0. The zero-order valence-corrected chi connectivity index (χ0v) is 9.59. The van der Waals surface area contributed by atoms with Crippen molar-refractivity contribution in [2.75, 3.05) is 40.3 Å². The summed E-state index contributed by atoms with van der Waals surface area (Å²) in [5.74, 6) is -0.0593. The standard InChI is InChI=1S/C9H20N4O2/c1-4-10-7-8(14)11-5-6-12-9(15)13(2)3/h10H,4-7H2,1-3H3,(H,11,14)(H,12,15). The maximum absolute atomic E-state index is 11.1. The van der Waals surface area contributed by atoms with E-state index in [2.05, 4.69) is 16.0 Å². The third-order valence-corrected chi connectivity index (χ3v) is 1.67. The van der Waals surface area contributed by atoms with Crippen LogP contribution in [0.25, 0.3) is 0 Å². The highest BCUT2D eigenvalue weighted by atomic mass is 16.2. The lowest BCUT2D eigenvalue weighted by molar-refractivity contribution is -0.120. The van der Waals surface area contributed by atoms with Gasteiger partial charge in [-0.25, -0.2) is 4.79 Å². The molecule has 0 radical (unpaired) electrons. The van der Waals surface area contributed by atoms with Gasteiger partial charge in [0.2, 0.25) is 5.91 Å². The van der Waals surface area contributed by atoms with Crippen molar-refractivity contribution in [1.82, 2.24) is 20.9 Å². The molecule has 0 heterocycles. The van der Waals surface area contributed by atoms with Gasteiger partial charge in [-0.3, -0.25) is 4.79 Å². The van der Waals surface area contributed by atoms with E-state index in [1.165, 1.54) is 4.90 Å². The molecule has 3 amide bonds. The van der Waals surface area contributed by atoms with Gasteiger partial charge in [-0.1, -0.05) is 6.92 Å². The molecule has 6 nitrogen and oxygen atoms in total. The molecule has 0 aromatic carbocycles. The van der Waals surface area contributed by atoms with E-state index < -0.39 is 0 Å². The largest absolute Gasteiger partial charge is 0.353 e. The minimum Gasteiger partial charge on any atom is -0.353 e. The Bertz CT molecular complexity index is 206. The zero-order valence-electron chi connectivity index (χ0n) is 9.59. The second-order valence-electron chi connectivity index (χ2n) is 3.26. The van der Waals surface area contributed by atoms with Crippen LogP contribution < -0.4 is 16.0 Å². The van der Waals surface area contributed by atoms with Gasteiger partial charge >= 0.3 is 6.03 Å². The Morgan fingerprint density at radius 3 is 2.27 bits per heavy atom. The number of urea groups is 1. The Balaban J connectivity index is 3.38. The van der Waals surface area contributed by atoms with Crippen LogP contribution in [-0.4, -0.2) is 57.1 Å². The van der Waals surface area contributed by atoms with E-state index in [1.54, 1.807) is 14.1 Å². The molecule has 0 spiro atoms. The predicted octanol–water partition coefficient (Wildman–Crippen LogP) is -1.02. The number of rotatable bonds is 6. The average Bonchev–Trinajstić information content (AvgIpc) is 2.20. The number of hydrogen-bond acceptors (Lipinski definition) is 3. The van der Waals surface area contributed by atoms with Gasteiger partial charge in [0, 0.05) is 27.2 Å². The van der Waals surface area contributed by atoms with Crippen molar-refractivity contribution in [2.24, 2.45) is 0 Å². The molecule has 0 unspecified atom stereocenters.